The second-order valence-corrected chi connectivity index (χ2v) is 5.35. The van der Waals surface area contributed by atoms with Gasteiger partial charge in [0.1, 0.15) is 0 Å². The first-order valence-corrected chi connectivity index (χ1v) is 5.69. The maximum atomic E-state index is 11.6. The molecule has 0 aromatic heterocycles. The molecule has 0 unspecified atom stereocenters. The Morgan fingerprint density at radius 1 is 1.35 bits per heavy atom. The van der Waals surface area contributed by atoms with Crippen molar-refractivity contribution in [3.8, 4) is 0 Å². The third kappa shape index (κ3) is 6.78. The highest BCUT2D eigenvalue weighted by molar-refractivity contribution is 5.78. The fourth-order valence-corrected chi connectivity index (χ4v) is 1.93. The van der Waals surface area contributed by atoms with Gasteiger partial charge in [0.2, 0.25) is 5.91 Å². The summed E-state index contributed by atoms with van der Waals surface area (Å²) in [6, 6.07) is 0. The van der Waals surface area contributed by atoms with Crippen molar-refractivity contribution in [2.45, 2.75) is 46.1 Å². The van der Waals surface area contributed by atoms with Crippen molar-refractivity contribution < 1.29 is 14.7 Å². The number of nitrogens with two attached hydrogens (primary N) is 1. The quantitative estimate of drug-likeness (QED) is 0.319. The van der Waals surface area contributed by atoms with Crippen molar-refractivity contribution in [2.75, 3.05) is 0 Å². The third-order valence-corrected chi connectivity index (χ3v) is 2.47. The molecule has 0 aliphatic heterocycles. The van der Waals surface area contributed by atoms with Crippen LogP contribution >= 0.6 is 0 Å². The number of nitrogens with one attached hydrogen (secondary N) is 2. The molecule has 0 bridgehead atoms. The predicted molar refractivity (Wildman–Crippen MR) is 65.1 cm³/mol. The lowest BCUT2D eigenvalue weighted by Gasteiger charge is -2.29. The Morgan fingerprint density at radius 3 is 2.24 bits per heavy atom. The summed E-state index contributed by atoms with van der Waals surface area (Å²) in [5.41, 5.74) is 1.48. The molecule has 0 aliphatic rings. The van der Waals surface area contributed by atoms with E-state index in [1.165, 1.54) is 0 Å². The van der Waals surface area contributed by atoms with E-state index >= 15 is 0 Å². The zero-order chi connectivity index (χ0) is 13.6. The maximum Gasteiger partial charge on any atom is 0.405 e. The van der Waals surface area contributed by atoms with Crippen LogP contribution in [0.3, 0.4) is 0 Å². The van der Waals surface area contributed by atoms with Gasteiger partial charge in [-0.1, -0.05) is 13.8 Å². The fourth-order valence-electron chi connectivity index (χ4n) is 1.93. The van der Waals surface area contributed by atoms with Gasteiger partial charge < -0.3 is 10.4 Å². The van der Waals surface area contributed by atoms with E-state index in [1.54, 1.807) is 13.8 Å². The second-order valence-electron chi connectivity index (χ2n) is 5.35. The largest absolute Gasteiger partial charge is 0.465 e. The number of carboxylic acid groups (broad SMARTS) is 1. The van der Waals surface area contributed by atoms with Crippen LogP contribution in [0, 0.1) is 11.8 Å². The van der Waals surface area contributed by atoms with Crippen LogP contribution in [0.25, 0.3) is 0 Å². The monoisotopic (exact) mass is 245 g/mol. The minimum atomic E-state index is -1.09. The van der Waals surface area contributed by atoms with Gasteiger partial charge in [-0.15, -0.1) is 0 Å². The highest BCUT2D eigenvalue weighted by Crippen LogP contribution is 2.22. The smallest absolute Gasteiger partial charge is 0.405 e. The second kappa shape index (κ2) is 6.44. The van der Waals surface area contributed by atoms with Crippen molar-refractivity contribution in [1.82, 2.24) is 10.7 Å². The molecule has 0 heterocycles. The SMILES string of the molecule is CC(C)C[C@@H](CC(C)(C)NC(=O)O)C(=O)NN. The van der Waals surface area contributed by atoms with Gasteiger partial charge in [-0.2, -0.15) is 0 Å². The summed E-state index contributed by atoms with van der Waals surface area (Å²) in [6.45, 7) is 7.51. The van der Waals surface area contributed by atoms with E-state index < -0.39 is 11.6 Å². The summed E-state index contributed by atoms with van der Waals surface area (Å²) in [5, 5.41) is 11.1. The molecule has 17 heavy (non-hydrogen) atoms. The van der Waals surface area contributed by atoms with E-state index in [2.05, 4.69) is 10.7 Å². The molecule has 0 saturated carbocycles. The number of carbonyl (C=O) groups excluding carboxylic acids is 1. The zero-order valence-electron chi connectivity index (χ0n) is 10.9. The molecule has 0 radical (unpaired) electrons. The Kier molecular flexibility index (Phi) is 5.95. The minimum absolute atomic E-state index is 0.251. The maximum absolute atomic E-state index is 11.6. The predicted octanol–water partition coefficient (Wildman–Crippen LogP) is 1.07. The first-order valence-electron chi connectivity index (χ1n) is 5.69. The number of hydrogen-bond donors (Lipinski definition) is 4. The number of hydrogen-bond acceptors (Lipinski definition) is 3. The van der Waals surface area contributed by atoms with Crippen molar-refractivity contribution in [2.24, 2.45) is 17.7 Å². The van der Waals surface area contributed by atoms with Crippen molar-refractivity contribution in [1.29, 1.82) is 0 Å². The molecule has 0 aromatic carbocycles. The first-order chi connectivity index (χ1) is 7.68. The zero-order valence-corrected chi connectivity index (χ0v) is 10.9. The summed E-state index contributed by atoms with van der Waals surface area (Å²) < 4.78 is 0. The molecule has 1 atom stereocenters. The van der Waals surface area contributed by atoms with E-state index in [9.17, 15) is 9.59 Å². The summed E-state index contributed by atoms with van der Waals surface area (Å²) in [7, 11) is 0. The van der Waals surface area contributed by atoms with Gasteiger partial charge in [0.15, 0.2) is 0 Å². The molecule has 6 heteroatoms. The summed E-state index contributed by atoms with van der Waals surface area (Å²) in [6.07, 6.45) is 0.000297. The van der Waals surface area contributed by atoms with Gasteiger partial charge in [-0.05, 0) is 32.6 Å². The lowest BCUT2D eigenvalue weighted by Crippen LogP contribution is -2.47. The molecule has 100 valence electrons. The van der Waals surface area contributed by atoms with Gasteiger partial charge in [0, 0.05) is 11.5 Å². The Morgan fingerprint density at radius 2 is 1.88 bits per heavy atom. The van der Waals surface area contributed by atoms with Crippen LogP contribution in [-0.4, -0.2) is 22.6 Å². The minimum Gasteiger partial charge on any atom is -0.465 e. The van der Waals surface area contributed by atoms with Crippen molar-refractivity contribution in [3.05, 3.63) is 0 Å². The molecule has 6 nitrogen and oxygen atoms in total. The van der Waals surface area contributed by atoms with Crippen LogP contribution in [0.15, 0.2) is 0 Å². The van der Waals surface area contributed by atoms with Crippen LogP contribution in [0.2, 0.25) is 0 Å². The fraction of sp³-hybridized carbons (Fsp3) is 0.818. The van der Waals surface area contributed by atoms with Crippen LogP contribution < -0.4 is 16.6 Å². The van der Waals surface area contributed by atoms with E-state index in [-0.39, 0.29) is 11.8 Å². The Hall–Kier alpha value is -1.30. The summed E-state index contributed by atoms with van der Waals surface area (Å²) in [5.74, 6) is 4.94. The van der Waals surface area contributed by atoms with E-state index in [0.29, 0.717) is 18.8 Å². The van der Waals surface area contributed by atoms with Crippen LogP contribution in [-0.2, 0) is 4.79 Å². The van der Waals surface area contributed by atoms with Gasteiger partial charge in [0.25, 0.3) is 0 Å². The summed E-state index contributed by atoms with van der Waals surface area (Å²) >= 11 is 0. The molecular weight excluding hydrogens is 222 g/mol. The van der Waals surface area contributed by atoms with E-state index in [1.807, 2.05) is 13.8 Å². The number of rotatable bonds is 6. The molecular formula is C11H23N3O3. The van der Waals surface area contributed by atoms with Crippen molar-refractivity contribution >= 4 is 12.0 Å². The van der Waals surface area contributed by atoms with Crippen LogP contribution in [0.4, 0.5) is 4.79 Å². The lowest BCUT2D eigenvalue weighted by molar-refractivity contribution is -0.126. The topological polar surface area (TPSA) is 104 Å². The average molecular weight is 245 g/mol. The molecule has 0 aliphatic carbocycles. The Labute approximate surface area is 102 Å². The Bertz CT molecular complexity index is 277. The standard InChI is InChI=1S/C11H23N3O3/c1-7(2)5-8(9(15)14-12)6-11(3,4)13-10(16)17/h7-8,13H,5-6,12H2,1-4H3,(H,14,15)(H,16,17)/t8-/m0/s1. The average Bonchev–Trinajstić information content (AvgIpc) is 2.12. The molecule has 0 fully saturated rings. The van der Waals surface area contributed by atoms with Gasteiger partial charge in [-0.3, -0.25) is 10.2 Å². The first kappa shape index (κ1) is 15.7. The number of carbonyl (C=O) groups is 2. The Balaban J connectivity index is 4.61. The van der Waals surface area contributed by atoms with Crippen LogP contribution in [0.5, 0.6) is 0 Å². The summed E-state index contributed by atoms with van der Waals surface area (Å²) in [4.78, 5) is 22.2. The third-order valence-electron chi connectivity index (χ3n) is 2.47. The highest BCUT2D eigenvalue weighted by Gasteiger charge is 2.29. The van der Waals surface area contributed by atoms with Crippen molar-refractivity contribution in [3.63, 3.8) is 0 Å². The molecule has 0 saturated heterocycles. The van der Waals surface area contributed by atoms with E-state index in [0.717, 1.165) is 0 Å². The van der Waals surface area contributed by atoms with Crippen LogP contribution in [0.1, 0.15) is 40.5 Å². The molecule has 0 spiro atoms. The highest BCUT2D eigenvalue weighted by atomic mass is 16.4. The van der Waals surface area contributed by atoms with Gasteiger partial charge in [-0.25, -0.2) is 10.6 Å². The molecule has 2 amide bonds. The lowest BCUT2D eigenvalue weighted by atomic mass is 9.85. The molecule has 0 aromatic rings. The normalized spacial score (nSPS) is 13.3. The van der Waals surface area contributed by atoms with E-state index in [4.69, 9.17) is 10.9 Å². The van der Waals surface area contributed by atoms with Gasteiger partial charge >= 0.3 is 6.09 Å². The van der Waals surface area contributed by atoms with Gasteiger partial charge in [0.05, 0.1) is 0 Å². The number of amides is 2. The molecule has 5 N–H and O–H groups in total. The molecule has 0 rings (SSSR count). The number of hydrazine groups is 1.